The third-order valence-corrected chi connectivity index (χ3v) is 3.09. The Morgan fingerprint density at radius 2 is 1.95 bits per heavy atom. The Morgan fingerprint density at radius 1 is 1.26 bits per heavy atom. The summed E-state index contributed by atoms with van der Waals surface area (Å²) in [4.78, 5) is 6.39. The lowest BCUT2D eigenvalue weighted by Gasteiger charge is -2.31. The number of hydrogen-bond donors (Lipinski definition) is 1. The van der Waals surface area contributed by atoms with E-state index in [2.05, 4.69) is 23.7 Å². The molecular weight excluding hydrogens is 242 g/mol. The predicted octanol–water partition coefficient (Wildman–Crippen LogP) is 2.17. The maximum absolute atomic E-state index is 5.81. The van der Waals surface area contributed by atoms with Crippen LogP contribution in [0.2, 0.25) is 0 Å². The van der Waals surface area contributed by atoms with Gasteiger partial charge in [-0.15, -0.1) is 0 Å². The lowest BCUT2D eigenvalue weighted by molar-refractivity contribution is 0.110. The molecule has 1 aromatic heterocycles. The Bertz CT molecular complexity index is 406. The van der Waals surface area contributed by atoms with Crippen LogP contribution < -0.4 is 15.2 Å². The molecule has 0 atom stereocenters. The number of aromatic nitrogens is 1. The molecule has 0 aliphatic rings. The van der Waals surface area contributed by atoms with Gasteiger partial charge in [0.2, 0.25) is 11.8 Å². The highest BCUT2D eigenvalue weighted by molar-refractivity contribution is 5.49. The van der Waals surface area contributed by atoms with Gasteiger partial charge in [0.05, 0.1) is 12.3 Å². The first-order valence-corrected chi connectivity index (χ1v) is 6.56. The zero-order chi connectivity index (χ0) is 14.5. The Kier molecular flexibility index (Phi) is 5.42. The summed E-state index contributed by atoms with van der Waals surface area (Å²) in [5.74, 6) is 0.984. The maximum Gasteiger partial charge on any atom is 0.240 e. The number of rotatable bonds is 7. The Hall–Kier alpha value is -1.49. The van der Waals surface area contributed by atoms with Crippen LogP contribution in [-0.2, 0) is 0 Å². The van der Waals surface area contributed by atoms with Crippen LogP contribution in [0.5, 0.6) is 11.8 Å². The van der Waals surface area contributed by atoms with Gasteiger partial charge in [0.25, 0.3) is 0 Å². The van der Waals surface area contributed by atoms with Gasteiger partial charge in [-0.1, -0.05) is 6.92 Å². The first-order chi connectivity index (χ1) is 8.86. The summed E-state index contributed by atoms with van der Waals surface area (Å²) in [5, 5.41) is 0. The van der Waals surface area contributed by atoms with Crippen molar-refractivity contribution in [3.63, 3.8) is 0 Å². The standard InChI is InChI=1S/C14H25N3O2/c1-6-9-18-13-11(15)7-8-12(16-13)19-10-14(2,3)17(4)5/h7-8H,6,9-10,15H2,1-5H3. The molecule has 1 rings (SSSR count). The molecule has 1 heterocycles. The number of nitrogen functional groups attached to an aromatic ring is 1. The van der Waals surface area contributed by atoms with Crippen LogP contribution in [0, 0.1) is 0 Å². The first-order valence-electron chi connectivity index (χ1n) is 6.56. The summed E-state index contributed by atoms with van der Waals surface area (Å²) in [6.45, 7) is 7.40. The highest BCUT2D eigenvalue weighted by atomic mass is 16.5. The molecular formula is C14H25N3O2. The fourth-order valence-electron chi connectivity index (χ4n) is 1.21. The maximum atomic E-state index is 5.81. The van der Waals surface area contributed by atoms with Crippen molar-refractivity contribution in [2.45, 2.75) is 32.7 Å². The number of nitrogens with zero attached hydrogens (tertiary/aromatic N) is 2. The molecule has 5 nitrogen and oxygen atoms in total. The van der Waals surface area contributed by atoms with Gasteiger partial charge in [-0.25, -0.2) is 0 Å². The summed E-state index contributed by atoms with van der Waals surface area (Å²) in [7, 11) is 4.05. The quantitative estimate of drug-likeness (QED) is 0.820. The van der Waals surface area contributed by atoms with E-state index in [1.165, 1.54) is 0 Å². The summed E-state index contributed by atoms with van der Waals surface area (Å²) in [5.41, 5.74) is 6.28. The van der Waals surface area contributed by atoms with Gasteiger partial charge in [-0.3, -0.25) is 0 Å². The molecule has 0 saturated carbocycles. The monoisotopic (exact) mass is 267 g/mol. The molecule has 0 aliphatic carbocycles. The van der Waals surface area contributed by atoms with E-state index in [-0.39, 0.29) is 5.54 Å². The van der Waals surface area contributed by atoms with E-state index in [1.54, 1.807) is 12.1 Å². The summed E-state index contributed by atoms with van der Waals surface area (Å²) in [6.07, 6.45) is 0.917. The van der Waals surface area contributed by atoms with Crippen LogP contribution >= 0.6 is 0 Å². The molecule has 108 valence electrons. The van der Waals surface area contributed by atoms with E-state index in [4.69, 9.17) is 15.2 Å². The number of nitrogens with two attached hydrogens (primary N) is 1. The molecule has 0 radical (unpaired) electrons. The largest absolute Gasteiger partial charge is 0.476 e. The number of hydrogen-bond acceptors (Lipinski definition) is 5. The van der Waals surface area contributed by atoms with E-state index in [1.807, 2.05) is 21.0 Å². The van der Waals surface area contributed by atoms with Gasteiger partial charge in [-0.2, -0.15) is 4.98 Å². The molecule has 2 N–H and O–H groups in total. The smallest absolute Gasteiger partial charge is 0.240 e. The van der Waals surface area contributed by atoms with E-state index >= 15 is 0 Å². The third-order valence-electron chi connectivity index (χ3n) is 3.09. The average Bonchev–Trinajstić information content (AvgIpc) is 2.36. The zero-order valence-electron chi connectivity index (χ0n) is 12.6. The lowest BCUT2D eigenvalue weighted by atomic mass is 10.1. The van der Waals surface area contributed by atoms with Crippen LogP contribution in [0.1, 0.15) is 27.2 Å². The molecule has 0 amide bonds. The van der Waals surface area contributed by atoms with Crippen molar-refractivity contribution in [1.82, 2.24) is 9.88 Å². The van der Waals surface area contributed by atoms with Crippen molar-refractivity contribution in [3.05, 3.63) is 12.1 Å². The van der Waals surface area contributed by atoms with Crippen molar-refractivity contribution in [1.29, 1.82) is 0 Å². The minimum atomic E-state index is -0.0620. The molecule has 0 aliphatic heterocycles. The molecule has 0 fully saturated rings. The number of ether oxygens (including phenoxy) is 2. The highest BCUT2D eigenvalue weighted by Crippen LogP contribution is 2.23. The SMILES string of the molecule is CCCOc1nc(OCC(C)(C)N(C)C)ccc1N. The van der Waals surface area contributed by atoms with Crippen LogP contribution in [0.4, 0.5) is 5.69 Å². The van der Waals surface area contributed by atoms with Crippen LogP contribution in [0.25, 0.3) is 0 Å². The highest BCUT2D eigenvalue weighted by Gasteiger charge is 2.21. The molecule has 1 aromatic rings. The minimum absolute atomic E-state index is 0.0620. The lowest BCUT2D eigenvalue weighted by Crippen LogP contribution is -2.43. The second kappa shape index (κ2) is 6.61. The fraction of sp³-hybridized carbons (Fsp3) is 0.643. The van der Waals surface area contributed by atoms with Crippen molar-refractivity contribution in [2.24, 2.45) is 0 Å². The Balaban J connectivity index is 2.69. The summed E-state index contributed by atoms with van der Waals surface area (Å²) in [6, 6.07) is 3.52. The van der Waals surface area contributed by atoms with Crippen molar-refractivity contribution < 1.29 is 9.47 Å². The average molecular weight is 267 g/mol. The van der Waals surface area contributed by atoms with Crippen LogP contribution in [0.3, 0.4) is 0 Å². The van der Waals surface area contributed by atoms with Gasteiger partial charge in [0.1, 0.15) is 6.61 Å². The number of likely N-dealkylation sites (N-methyl/N-ethyl adjacent to an activating group) is 1. The van der Waals surface area contributed by atoms with Gasteiger partial charge >= 0.3 is 0 Å². The topological polar surface area (TPSA) is 60.6 Å². The van der Waals surface area contributed by atoms with Crippen LogP contribution in [-0.4, -0.2) is 42.7 Å². The van der Waals surface area contributed by atoms with Gasteiger partial charge in [0.15, 0.2) is 0 Å². The van der Waals surface area contributed by atoms with Gasteiger partial charge in [-0.05, 0) is 40.4 Å². The molecule has 0 spiro atoms. The second-order valence-corrected chi connectivity index (χ2v) is 5.39. The second-order valence-electron chi connectivity index (χ2n) is 5.39. The van der Waals surface area contributed by atoms with E-state index in [0.717, 1.165) is 6.42 Å². The molecule has 0 bridgehead atoms. The van der Waals surface area contributed by atoms with Crippen molar-refractivity contribution in [2.75, 3.05) is 33.0 Å². The molecule has 19 heavy (non-hydrogen) atoms. The van der Waals surface area contributed by atoms with Gasteiger partial charge < -0.3 is 20.1 Å². The molecule has 0 unspecified atom stereocenters. The Labute approximate surface area is 115 Å². The first kappa shape index (κ1) is 15.6. The summed E-state index contributed by atoms with van der Waals surface area (Å²) >= 11 is 0. The van der Waals surface area contributed by atoms with Crippen molar-refractivity contribution >= 4 is 5.69 Å². The zero-order valence-corrected chi connectivity index (χ0v) is 12.6. The predicted molar refractivity (Wildman–Crippen MR) is 77.7 cm³/mol. The van der Waals surface area contributed by atoms with E-state index in [9.17, 15) is 0 Å². The van der Waals surface area contributed by atoms with E-state index in [0.29, 0.717) is 30.7 Å². The van der Waals surface area contributed by atoms with Crippen LogP contribution in [0.15, 0.2) is 12.1 Å². The third kappa shape index (κ3) is 4.59. The number of pyridine rings is 1. The Morgan fingerprint density at radius 3 is 2.53 bits per heavy atom. The van der Waals surface area contributed by atoms with Crippen molar-refractivity contribution in [3.8, 4) is 11.8 Å². The van der Waals surface area contributed by atoms with Gasteiger partial charge in [0, 0.05) is 11.6 Å². The van der Waals surface area contributed by atoms with E-state index < -0.39 is 0 Å². The normalized spacial score (nSPS) is 11.7. The molecule has 0 saturated heterocycles. The fourth-order valence-corrected chi connectivity index (χ4v) is 1.21. The summed E-state index contributed by atoms with van der Waals surface area (Å²) < 4.78 is 11.2. The minimum Gasteiger partial charge on any atom is -0.476 e. The molecule has 0 aromatic carbocycles. The molecule has 5 heteroatoms. The number of anilines is 1.